The Labute approximate surface area is 287 Å². The van der Waals surface area contributed by atoms with Crippen molar-refractivity contribution in [2.75, 3.05) is 0 Å². The highest BCUT2D eigenvalue weighted by atomic mass is 16.6. The summed E-state index contributed by atoms with van der Waals surface area (Å²) in [7, 11) is 0. The van der Waals surface area contributed by atoms with E-state index >= 15 is 0 Å². The molecule has 0 N–H and O–H groups in total. The number of esters is 2. The number of carbonyl (C=O) groups is 2. The molecule has 2 aliphatic carbocycles. The zero-order valence-corrected chi connectivity index (χ0v) is 29.6. The van der Waals surface area contributed by atoms with Gasteiger partial charge in [-0.3, -0.25) is 0 Å². The number of ether oxygens (including phenoxy) is 2. The van der Waals surface area contributed by atoms with Gasteiger partial charge in [0.05, 0.1) is 11.1 Å². The van der Waals surface area contributed by atoms with Gasteiger partial charge in [-0.05, 0) is 82.4 Å². The second kappa shape index (κ2) is 13.9. The Balaban J connectivity index is 1.31. The molecule has 252 valence electrons. The standard InChI is InChI=1S/C44H52O4/c1-29-21-23-37(43(3,4)33-17-9-7-10-18-33)39(25-29)47-41(45)35-27-31-15-13-14-16-32(31)28-36(35)42(46)48-40-26-30(2)22-24-38(40)44(5,6)34-19-11-8-12-20-34/h7-20,27-30,37-40H,21-26H2,1-6H3/t29-,30-,37-,38-,39-,40-/m1/s1. The molecule has 0 saturated heterocycles. The topological polar surface area (TPSA) is 52.6 Å². The van der Waals surface area contributed by atoms with Gasteiger partial charge >= 0.3 is 11.9 Å². The molecule has 0 heterocycles. The molecule has 0 aliphatic heterocycles. The van der Waals surface area contributed by atoms with E-state index in [1.165, 1.54) is 11.1 Å². The van der Waals surface area contributed by atoms with Gasteiger partial charge in [0, 0.05) is 11.8 Å². The third-order valence-corrected chi connectivity index (χ3v) is 11.8. The molecule has 2 aliphatic rings. The summed E-state index contributed by atoms with van der Waals surface area (Å²) in [5, 5.41) is 1.79. The van der Waals surface area contributed by atoms with Crippen LogP contribution in [0, 0.1) is 23.7 Å². The average molecular weight is 645 g/mol. The van der Waals surface area contributed by atoms with Crippen molar-refractivity contribution < 1.29 is 19.1 Å². The van der Waals surface area contributed by atoms with Gasteiger partial charge in [0.2, 0.25) is 0 Å². The van der Waals surface area contributed by atoms with Gasteiger partial charge in [0.25, 0.3) is 0 Å². The molecule has 0 amide bonds. The number of carbonyl (C=O) groups excluding carboxylic acids is 2. The maximum Gasteiger partial charge on any atom is 0.339 e. The van der Waals surface area contributed by atoms with Crippen molar-refractivity contribution in [1.29, 1.82) is 0 Å². The Kier molecular flexibility index (Phi) is 9.83. The van der Waals surface area contributed by atoms with Crippen LogP contribution in [0.1, 0.15) is 112 Å². The summed E-state index contributed by atoms with van der Waals surface area (Å²) in [6.07, 6.45) is 5.24. The van der Waals surface area contributed by atoms with Crippen LogP contribution in [-0.4, -0.2) is 24.1 Å². The van der Waals surface area contributed by atoms with Crippen molar-refractivity contribution in [2.24, 2.45) is 23.7 Å². The first-order valence-electron chi connectivity index (χ1n) is 18.0. The molecule has 0 aromatic heterocycles. The highest BCUT2D eigenvalue weighted by Crippen LogP contribution is 2.45. The lowest BCUT2D eigenvalue weighted by atomic mass is 9.64. The fourth-order valence-corrected chi connectivity index (χ4v) is 8.71. The maximum absolute atomic E-state index is 14.3. The number of benzene rings is 4. The normalized spacial score (nSPS) is 25.0. The van der Waals surface area contributed by atoms with Crippen LogP contribution in [0.5, 0.6) is 0 Å². The van der Waals surface area contributed by atoms with Crippen molar-refractivity contribution in [1.82, 2.24) is 0 Å². The van der Waals surface area contributed by atoms with Crippen LogP contribution < -0.4 is 0 Å². The first kappa shape index (κ1) is 34.0. The lowest BCUT2D eigenvalue weighted by Crippen LogP contribution is -2.44. The molecule has 0 radical (unpaired) electrons. The first-order valence-corrected chi connectivity index (χ1v) is 18.0. The largest absolute Gasteiger partial charge is 0.458 e. The second-order valence-corrected chi connectivity index (χ2v) is 15.9. The lowest BCUT2D eigenvalue weighted by Gasteiger charge is -2.44. The summed E-state index contributed by atoms with van der Waals surface area (Å²) in [4.78, 5) is 28.6. The van der Waals surface area contributed by atoms with Crippen molar-refractivity contribution in [3.8, 4) is 0 Å². The van der Waals surface area contributed by atoms with Crippen molar-refractivity contribution in [2.45, 2.75) is 103 Å². The summed E-state index contributed by atoms with van der Waals surface area (Å²) < 4.78 is 13.0. The van der Waals surface area contributed by atoms with Gasteiger partial charge in [0.1, 0.15) is 12.2 Å². The van der Waals surface area contributed by atoms with Crippen LogP contribution in [0.3, 0.4) is 0 Å². The van der Waals surface area contributed by atoms with Crippen LogP contribution in [0.15, 0.2) is 97.1 Å². The molecule has 6 rings (SSSR count). The third-order valence-electron chi connectivity index (χ3n) is 11.8. The molecular formula is C44H52O4. The molecular weight excluding hydrogens is 592 g/mol. The summed E-state index contributed by atoms with van der Waals surface area (Å²) in [6.45, 7) is 13.5. The van der Waals surface area contributed by atoms with Crippen LogP contribution in [0.4, 0.5) is 0 Å². The van der Waals surface area contributed by atoms with E-state index < -0.39 is 11.9 Å². The zero-order chi connectivity index (χ0) is 34.1. The Hall–Kier alpha value is -3.92. The zero-order valence-electron chi connectivity index (χ0n) is 29.6. The molecule has 2 saturated carbocycles. The average Bonchev–Trinajstić information content (AvgIpc) is 3.08. The van der Waals surface area contributed by atoms with E-state index in [1.54, 1.807) is 0 Å². The predicted molar refractivity (Wildman–Crippen MR) is 194 cm³/mol. The quantitative estimate of drug-likeness (QED) is 0.179. The first-order chi connectivity index (χ1) is 22.9. The Morgan fingerprint density at radius 1 is 0.542 bits per heavy atom. The van der Waals surface area contributed by atoms with Gasteiger partial charge in [-0.25, -0.2) is 9.59 Å². The Morgan fingerprint density at radius 2 is 0.896 bits per heavy atom. The van der Waals surface area contributed by atoms with Gasteiger partial charge in [-0.2, -0.15) is 0 Å². The molecule has 2 fully saturated rings. The van der Waals surface area contributed by atoms with Gasteiger partial charge < -0.3 is 9.47 Å². The van der Waals surface area contributed by atoms with E-state index in [0.29, 0.717) is 11.8 Å². The third kappa shape index (κ3) is 6.95. The molecule has 4 aromatic rings. The van der Waals surface area contributed by atoms with Crippen LogP contribution in [-0.2, 0) is 20.3 Å². The molecule has 0 bridgehead atoms. The lowest BCUT2D eigenvalue weighted by molar-refractivity contribution is -0.0272. The number of hydrogen-bond donors (Lipinski definition) is 0. The minimum atomic E-state index is -0.446. The van der Waals surface area contributed by atoms with Crippen molar-refractivity contribution >= 4 is 22.7 Å². The van der Waals surface area contributed by atoms with Crippen molar-refractivity contribution in [3.63, 3.8) is 0 Å². The highest BCUT2D eigenvalue weighted by molar-refractivity contribution is 6.07. The van der Waals surface area contributed by atoms with E-state index in [4.69, 9.17) is 9.47 Å². The maximum atomic E-state index is 14.3. The second-order valence-electron chi connectivity index (χ2n) is 15.9. The number of fused-ring (bicyclic) bond motifs is 1. The van der Waals surface area contributed by atoms with Crippen molar-refractivity contribution in [3.05, 3.63) is 119 Å². The van der Waals surface area contributed by atoms with Crippen LogP contribution in [0.2, 0.25) is 0 Å². The molecule has 4 nitrogen and oxygen atoms in total. The monoisotopic (exact) mass is 644 g/mol. The molecule has 0 unspecified atom stereocenters. The molecule has 4 aromatic carbocycles. The Morgan fingerprint density at radius 3 is 1.27 bits per heavy atom. The SMILES string of the molecule is C[C@@H]1CC[C@@H](C(C)(C)c2ccccc2)[C@H](OC(=O)c2cc3ccccc3cc2C(=O)O[C@@H]2C[C@H](C)CC[C@H]2C(C)(C)c2ccccc2)C1. The minimum absolute atomic E-state index is 0.153. The van der Waals surface area contributed by atoms with E-state index in [2.05, 4.69) is 90.1 Å². The van der Waals surface area contributed by atoms with E-state index in [0.717, 1.165) is 49.3 Å². The van der Waals surface area contributed by atoms with Gasteiger partial charge in [-0.1, -0.05) is 139 Å². The summed E-state index contributed by atoms with van der Waals surface area (Å²) in [5.41, 5.74) is 2.70. The van der Waals surface area contributed by atoms with Gasteiger partial charge in [-0.15, -0.1) is 0 Å². The molecule has 48 heavy (non-hydrogen) atoms. The van der Waals surface area contributed by atoms with E-state index in [-0.39, 0.29) is 46.0 Å². The number of rotatable bonds is 8. The molecule has 6 atom stereocenters. The smallest absolute Gasteiger partial charge is 0.339 e. The summed E-state index contributed by atoms with van der Waals surface area (Å²) >= 11 is 0. The fraction of sp³-hybridized carbons (Fsp3) is 0.455. The summed E-state index contributed by atoms with van der Waals surface area (Å²) in [6, 6.07) is 32.6. The highest BCUT2D eigenvalue weighted by Gasteiger charge is 2.44. The molecule has 0 spiro atoms. The fourth-order valence-electron chi connectivity index (χ4n) is 8.71. The van der Waals surface area contributed by atoms with Crippen LogP contribution >= 0.6 is 0 Å². The number of hydrogen-bond acceptors (Lipinski definition) is 4. The van der Waals surface area contributed by atoms with Gasteiger partial charge in [0.15, 0.2) is 0 Å². The van der Waals surface area contributed by atoms with E-state index in [1.807, 2.05) is 48.5 Å². The predicted octanol–water partition coefficient (Wildman–Crippen LogP) is 10.7. The van der Waals surface area contributed by atoms with Crippen LogP contribution in [0.25, 0.3) is 10.8 Å². The minimum Gasteiger partial charge on any atom is -0.458 e. The summed E-state index contributed by atoms with van der Waals surface area (Å²) in [5.74, 6) is 0.314. The Bertz CT molecular complexity index is 1600. The molecule has 4 heteroatoms. The van der Waals surface area contributed by atoms with E-state index in [9.17, 15) is 9.59 Å².